The highest BCUT2D eigenvalue weighted by Crippen LogP contribution is 2.12. The summed E-state index contributed by atoms with van der Waals surface area (Å²) in [5.41, 5.74) is -0.558. The number of ether oxygens (including phenoxy) is 1. The maximum absolute atomic E-state index is 11.9. The van der Waals surface area contributed by atoms with Crippen LogP contribution in [0.5, 0.6) is 0 Å². The molecule has 0 heterocycles. The maximum atomic E-state index is 11.9. The van der Waals surface area contributed by atoms with E-state index in [1.807, 2.05) is 13.8 Å². The number of hydrogen-bond acceptors (Lipinski definition) is 4. The Morgan fingerprint density at radius 1 is 1.14 bits per heavy atom. The second-order valence-corrected chi connectivity index (χ2v) is 6.12. The molecular formula is C15H28N2O4. The molecule has 0 aliphatic rings. The van der Waals surface area contributed by atoms with Crippen molar-refractivity contribution in [2.45, 2.75) is 54.0 Å². The van der Waals surface area contributed by atoms with E-state index in [1.54, 1.807) is 27.7 Å². The Kier molecular flexibility index (Phi) is 7.99. The number of nitrogens with one attached hydrogen (secondary N) is 2. The van der Waals surface area contributed by atoms with Gasteiger partial charge in [0.2, 0.25) is 11.8 Å². The highest BCUT2D eigenvalue weighted by molar-refractivity contribution is 5.89. The summed E-state index contributed by atoms with van der Waals surface area (Å²) in [6, 6.07) is -0.686. The van der Waals surface area contributed by atoms with E-state index in [0.717, 1.165) is 6.42 Å². The van der Waals surface area contributed by atoms with Crippen molar-refractivity contribution < 1.29 is 19.1 Å². The van der Waals surface area contributed by atoms with Crippen molar-refractivity contribution in [1.29, 1.82) is 0 Å². The molecule has 2 amide bonds. The molecule has 0 saturated carbocycles. The molecule has 0 aromatic rings. The van der Waals surface area contributed by atoms with Gasteiger partial charge in [0.25, 0.3) is 0 Å². The predicted molar refractivity (Wildman–Crippen MR) is 80.5 cm³/mol. The van der Waals surface area contributed by atoms with E-state index in [0.29, 0.717) is 0 Å². The van der Waals surface area contributed by atoms with Gasteiger partial charge in [-0.2, -0.15) is 0 Å². The topological polar surface area (TPSA) is 84.5 Å². The van der Waals surface area contributed by atoms with Crippen molar-refractivity contribution in [3.63, 3.8) is 0 Å². The second-order valence-electron chi connectivity index (χ2n) is 6.12. The number of rotatable bonds is 7. The number of amides is 2. The van der Waals surface area contributed by atoms with Crippen LogP contribution in [-0.4, -0.2) is 37.0 Å². The van der Waals surface area contributed by atoms with Gasteiger partial charge in [-0.1, -0.05) is 41.0 Å². The molecular weight excluding hydrogens is 272 g/mol. The highest BCUT2D eigenvalue weighted by Gasteiger charge is 2.28. The molecule has 0 spiro atoms. The van der Waals surface area contributed by atoms with Crippen LogP contribution in [0.3, 0.4) is 0 Å². The van der Waals surface area contributed by atoms with Crippen LogP contribution in [0.4, 0.5) is 0 Å². The summed E-state index contributed by atoms with van der Waals surface area (Å²) < 4.78 is 4.97. The van der Waals surface area contributed by atoms with Crippen molar-refractivity contribution in [1.82, 2.24) is 10.6 Å². The van der Waals surface area contributed by atoms with E-state index in [2.05, 4.69) is 10.6 Å². The molecule has 0 aromatic heterocycles. The maximum Gasteiger partial charge on any atom is 0.328 e. The average Bonchev–Trinajstić information content (AvgIpc) is 2.40. The standard InChI is InChI=1S/C15H28N2O4/c1-7-10(3)12(13(19)21-8-2)17-11(18)9-16-14(20)15(4,5)6/h10,12H,7-9H2,1-6H3,(H,16,20)(H,17,18). The van der Waals surface area contributed by atoms with Gasteiger partial charge < -0.3 is 15.4 Å². The minimum atomic E-state index is -0.686. The van der Waals surface area contributed by atoms with Crippen LogP contribution in [-0.2, 0) is 19.1 Å². The van der Waals surface area contributed by atoms with E-state index >= 15 is 0 Å². The van der Waals surface area contributed by atoms with Crippen LogP contribution in [0.15, 0.2) is 0 Å². The van der Waals surface area contributed by atoms with Gasteiger partial charge in [-0.05, 0) is 12.8 Å². The predicted octanol–water partition coefficient (Wildman–Crippen LogP) is 1.24. The van der Waals surface area contributed by atoms with E-state index in [-0.39, 0.29) is 25.0 Å². The van der Waals surface area contributed by atoms with Crippen molar-refractivity contribution in [3.05, 3.63) is 0 Å². The van der Waals surface area contributed by atoms with Gasteiger partial charge in [-0.15, -0.1) is 0 Å². The molecule has 2 atom stereocenters. The van der Waals surface area contributed by atoms with E-state index in [4.69, 9.17) is 4.74 Å². The molecule has 0 fully saturated rings. The quantitative estimate of drug-likeness (QED) is 0.693. The molecule has 122 valence electrons. The third-order valence-electron chi connectivity index (χ3n) is 3.16. The van der Waals surface area contributed by atoms with Gasteiger partial charge in [0.05, 0.1) is 13.2 Å². The van der Waals surface area contributed by atoms with Gasteiger partial charge in [0.1, 0.15) is 6.04 Å². The highest BCUT2D eigenvalue weighted by atomic mass is 16.5. The minimum Gasteiger partial charge on any atom is -0.464 e. The Bertz CT molecular complexity index is 374. The van der Waals surface area contributed by atoms with Crippen LogP contribution in [0, 0.1) is 11.3 Å². The first-order valence-corrected chi connectivity index (χ1v) is 7.37. The normalized spacial score (nSPS) is 14.0. The van der Waals surface area contributed by atoms with Gasteiger partial charge >= 0.3 is 5.97 Å². The SMILES string of the molecule is CCOC(=O)C(NC(=O)CNC(=O)C(C)(C)C)C(C)CC. The van der Waals surface area contributed by atoms with Crippen molar-refractivity contribution in [3.8, 4) is 0 Å². The minimum absolute atomic E-state index is 0.0358. The van der Waals surface area contributed by atoms with Crippen LogP contribution >= 0.6 is 0 Å². The first-order chi connectivity index (χ1) is 9.63. The molecule has 0 saturated heterocycles. The first-order valence-electron chi connectivity index (χ1n) is 7.37. The molecule has 0 radical (unpaired) electrons. The Morgan fingerprint density at radius 2 is 1.71 bits per heavy atom. The summed E-state index contributed by atoms with van der Waals surface area (Å²) in [7, 11) is 0. The third kappa shape index (κ3) is 7.11. The lowest BCUT2D eigenvalue weighted by atomic mass is 9.96. The Morgan fingerprint density at radius 3 is 2.14 bits per heavy atom. The molecule has 2 unspecified atom stereocenters. The molecule has 6 nitrogen and oxygen atoms in total. The molecule has 0 aromatic carbocycles. The zero-order chi connectivity index (χ0) is 16.6. The first kappa shape index (κ1) is 19.4. The molecule has 0 aliphatic heterocycles. The number of carbonyl (C=O) groups excluding carboxylic acids is 3. The Labute approximate surface area is 127 Å². The zero-order valence-corrected chi connectivity index (χ0v) is 13.9. The summed E-state index contributed by atoms with van der Waals surface area (Å²) in [5, 5.41) is 5.18. The van der Waals surface area contributed by atoms with Crippen LogP contribution in [0.25, 0.3) is 0 Å². The summed E-state index contributed by atoms with van der Waals surface area (Å²) in [4.78, 5) is 35.4. The lowest BCUT2D eigenvalue weighted by Gasteiger charge is -2.23. The Hall–Kier alpha value is -1.59. The second kappa shape index (κ2) is 8.64. The Balaban J connectivity index is 4.54. The lowest BCUT2D eigenvalue weighted by molar-refractivity contribution is -0.148. The summed E-state index contributed by atoms with van der Waals surface area (Å²) in [6.07, 6.45) is 0.734. The largest absolute Gasteiger partial charge is 0.464 e. The van der Waals surface area contributed by atoms with Gasteiger partial charge in [-0.25, -0.2) is 4.79 Å². The van der Waals surface area contributed by atoms with Gasteiger partial charge in [0, 0.05) is 5.41 Å². The monoisotopic (exact) mass is 300 g/mol. The molecule has 21 heavy (non-hydrogen) atoms. The van der Waals surface area contributed by atoms with Crippen molar-refractivity contribution in [2.75, 3.05) is 13.2 Å². The van der Waals surface area contributed by atoms with Crippen LogP contribution in [0.2, 0.25) is 0 Å². The van der Waals surface area contributed by atoms with E-state index in [1.165, 1.54) is 0 Å². The number of hydrogen-bond donors (Lipinski definition) is 2. The van der Waals surface area contributed by atoms with Crippen molar-refractivity contribution >= 4 is 17.8 Å². The zero-order valence-electron chi connectivity index (χ0n) is 13.9. The summed E-state index contributed by atoms with van der Waals surface area (Å²) in [6.45, 7) is 10.9. The average molecular weight is 300 g/mol. The fourth-order valence-corrected chi connectivity index (χ4v) is 1.55. The van der Waals surface area contributed by atoms with Crippen molar-refractivity contribution in [2.24, 2.45) is 11.3 Å². The smallest absolute Gasteiger partial charge is 0.328 e. The van der Waals surface area contributed by atoms with Crippen LogP contribution < -0.4 is 10.6 Å². The molecule has 6 heteroatoms. The van der Waals surface area contributed by atoms with E-state index < -0.39 is 23.3 Å². The number of carbonyl (C=O) groups is 3. The number of esters is 1. The van der Waals surface area contributed by atoms with Crippen LogP contribution in [0.1, 0.15) is 48.0 Å². The fraction of sp³-hybridized carbons (Fsp3) is 0.800. The van der Waals surface area contributed by atoms with Gasteiger partial charge in [-0.3, -0.25) is 9.59 Å². The summed E-state index contributed by atoms with van der Waals surface area (Å²) >= 11 is 0. The molecule has 0 aliphatic carbocycles. The molecule has 0 bridgehead atoms. The molecule has 2 N–H and O–H groups in total. The lowest BCUT2D eigenvalue weighted by Crippen LogP contribution is -2.50. The van der Waals surface area contributed by atoms with E-state index in [9.17, 15) is 14.4 Å². The fourth-order valence-electron chi connectivity index (χ4n) is 1.55. The molecule has 0 rings (SSSR count). The van der Waals surface area contributed by atoms with Gasteiger partial charge in [0.15, 0.2) is 0 Å². The summed E-state index contributed by atoms with van der Waals surface area (Å²) in [5.74, 6) is -1.09. The third-order valence-corrected chi connectivity index (χ3v) is 3.16.